The average Bonchev–Trinajstić information content (AvgIpc) is 2.43. The van der Waals surface area contributed by atoms with E-state index in [4.69, 9.17) is 0 Å². The van der Waals surface area contributed by atoms with Crippen LogP contribution in [0.5, 0.6) is 5.75 Å². The molecule has 1 aromatic carbocycles. The lowest BCUT2D eigenvalue weighted by molar-refractivity contribution is 0.103. The van der Waals surface area contributed by atoms with E-state index >= 15 is 0 Å². The first-order chi connectivity index (χ1) is 9.13. The maximum absolute atomic E-state index is 12.3. The van der Waals surface area contributed by atoms with Gasteiger partial charge >= 0.3 is 0 Å². The molecule has 0 atom stereocenters. The molecular formula is C14H16N2O3. The van der Waals surface area contributed by atoms with E-state index in [1.807, 2.05) is 6.92 Å². The van der Waals surface area contributed by atoms with Gasteiger partial charge in [-0.1, -0.05) is 11.6 Å². The second-order valence-electron chi connectivity index (χ2n) is 4.40. The lowest BCUT2D eigenvalue weighted by atomic mass is 10.00. The van der Waals surface area contributed by atoms with E-state index in [0.717, 1.165) is 18.2 Å². The Kier molecular flexibility index (Phi) is 3.85. The summed E-state index contributed by atoms with van der Waals surface area (Å²) >= 11 is 0. The van der Waals surface area contributed by atoms with Crippen molar-refractivity contribution in [2.75, 3.05) is 13.1 Å². The predicted molar refractivity (Wildman–Crippen MR) is 72.8 cm³/mol. The summed E-state index contributed by atoms with van der Waals surface area (Å²) in [6, 6.07) is 4.77. The molecule has 19 heavy (non-hydrogen) atoms. The molecule has 0 unspecified atom stereocenters. The van der Waals surface area contributed by atoms with Crippen LogP contribution in [0.1, 0.15) is 22.3 Å². The molecule has 1 heterocycles. The maximum atomic E-state index is 12.3. The van der Waals surface area contributed by atoms with Crippen molar-refractivity contribution in [3.05, 3.63) is 41.2 Å². The van der Waals surface area contributed by atoms with Crippen LogP contribution >= 0.6 is 0 Å². The van der Waals surface area contributed by atoms with Gasteiger partial charge in [-0.05, 0) is 25.5 Å². The van der Waals surface area contributed by atoms with E-state index in [0.29, 0.717) is 18.9 Å². The van der Waals surface area contributed by atoms with E-state index in [2.05, 4.69) is 10.3 Å². The normalized spacial score (nSPS) is 15.6. The van der Waals surface area contributed by atoms with Crippen molar-refractivity contribution in [3.63, 3.8) is 0 Å². The number of nitrogens with zero attached hydrogens (tertiary/aromatic N) is 1. The Morgan fingerprint density at radius 2 is 2.26 bits per heavy atom. The zero-order chi connectivity index (χ0) is 13.8. The van der Waals surface area contributed by atoms with Crippen molar-refractivity contribution >= 4 is 11.6 Å². The molecule has 5 nitrogen and oxygen atoms in total. The van der Waals surface area contributed by atoms with Crippen molar-refractivity contribution in [2.45, 2.75) is 13.3 Å². The molecule has 5 heteroatoms. The van der Waals surface area contributed by atoms with Crippen molar-refractivity contribution < 1.29 is 15.0 Å². The fourth-order valence-electron chi connectivity index (χ4n) is 1.92. The number of aliphatic hydroxyl groups is 1. The Morgan fingerprint density at radius 1 is 1.47 bits per heavy atom. The van der Waals surface area contributed by atoms with Gasteiger partial charge in [0.1, 0.15) is 11.6 Å². The van der Waals surface area contributed by atoms with Gasteiger partial charge in [-0.2, -0.15) is 0 Å². The molecule has 1 aliphatic rings. The third-order valence-electron chi connectivity index (χ3n) is 2.92. The number of Topliss-reactive ketones (excluding diaryl/α,β-unsaturated/α-hetero) is 1. The first-order valence-corrected chi connectivity index (χ1v) is 6.11. The van der Waals surface area contributed by atoms with Gasteiger partial charge in [0.25, 0.3) is 0 Å². The van der Waals surface area contributed by atoms with Gasteiger partial charge < -0.3 is 15.5 Å². The van der Waals surface area contributed by atoms with Crippen LogP contribution in [0, 0.1) is 6.92 Å². The fraction of sp³-hybridized carbons (Fsp3) is 0.286. The zero-order valence-electron chi connectivity index (χ0n) is 10.7. The highest BCUT2D eigenvalue weighted by Crippen LogP contribution is 2.22. The molecule has 100 valence electrons. The van der Waals surface area contributed by atoms with Gasteiger partial charge in [-0.25, -0.2) is 0 Å². The number of aliphatic hydroxyl groups excluding tert-OH is 1. The smallest absolute Gasteiger partial charge is 0.203 e. The second-order valence-corrected chi connectivity index (χ2v) is 4.40. The SMILES string of the molecule is Cc1ccc(O)c(C(=O)/C(=C/O)C2=NCCCN2)c1. The van der Waals surface area contributed by atoms with Gasteiger partial charge in [0.15, 0.2) is 0 Å². The molecule has 0 aromatic heterocycles. The van der Waals surface area contributed by atoms with E-state index in [1.54, 1.807) is 12.1 Å². The summed E-state index contributed by atoms with van der Waals surface area (Å²) in [5.74, 6) is -0.178. The number of hydrogen-bond acceptors (Lipinski definition) is 5. The third kappa shape index (κ3) is 2.76. The highest BCUT2D eigenvalue weighted by Gasteiger charge is 2.22. The van der Waals surface area contributed by atoms with Crippen LogP contribution in [0.15, 0.2) is 35.0 Å². The Hall–Kier alpha value is -2.30. The minimum Gasteiger partial charge on any atom is -0.515 e. The van der Waals surface area contributed by atoms with E-state index in [1.165, 1.54) is 6.07 Å². The van der Waals surface area contributed by atoms with Gasteiger partial charge in [0.05, 0.1) is 17.4 Å². The number of amidine groups is 1. The summed E-state index contributed by atoms with van der Waals surface area (Å²) < 4.78 is 0. The number of carbonyl (C=O) groups is 1. The van der Waals surface area contributed by atoms with Gasteiger partial charge in [-0.15, -0.1) is 0 Å². The summed E-state index contributed by atoms with van der Waals surface area (Å²) in [6.45, 7) is 3.16. The standard InChI is InChI=1S/C14H16N2O3/c1-9-3-4-12(18)10(7-9)13(19)11(8-17)14-15-5-2-6-16-14/h3-4,7-8,17-18H,2,5-6H2,1H3,(H,15,16)/b11-8-. The number of carbonyl (C=O) groups excluding carboxylic acids is 1. The molecule has 0 saturated carbocycles. The molecule has 0 radical (unpaired) electrons. The molecule has 0 aliphatic carbocycles. The summed E-state index contributed by atoms with van der Waals surface area (Å²) in [6.07, 6.45) is 1.63. The second kappa shape index (κ2) is 5.56. The Morgan fingerprint density at radius 3 is 2.89 bits per heavy atom. The van der Waals surface area contributed by atoms with Crippen LogP contribution in [-0.4, -0.2) is 34.9 Å². The number of rotatable bonds is 3. The largest absolute Gasteiger partial charge is 0.515 e. The van der Waals surface area contributed by atoms with Crippen LogP contribution in [0.3, 0.4) is 0 Å². The molecule has 0 fully saturated rings. The van der Waals surface area contributed by atoms with Gasteiger partial charge in [0.2, 0.25) is 5.78 Å². The summed E-state index contributed by atoms with van der Waals surface area (Å²) in [5.41, 5.74) is 1.09. The van der Waals surface area contributed by atoms with E-state index < -0.39 is 5.78 Å². The highest BCUT2D eigenvalue weighted by atomic mass is 16.3. The van der Waals surface area contributed by atoms with Crippen molar-refractivity contribution in [1.82, 2.24) is 5.32 Å². The number of ketones is 1. The highest BCUT2D eigenvalue weighted by molar-refractivity contribution is 6.27. The number of hydrogen-bond donors (Lipinski definition) is 3. The summed E-state index contributed by atoms with van der Waals surface area (Å²) in [5, 5.41) is 22.0. The minimum absolute atomic E-state index is 0.0700. The summed E-state index contributed by atoms with van der Waals surface area (Å²) in [4.78, 5) is 16.5. The van der Waals surface area contributed by atoms with Gasteiger partial charge in [0, 0.05) is 13.1 Å². The van der Waals surface area contributed by atoms with Crippen molar-refractivity contribution in [1.29, 1.82) is 0 Å². The molecule has 1 aromatic rings. The average molecular weight is 260 g/mol. The molecule has 0 spiro atoms. The topological polar surface area (TPSA) is 81.9 Å². The minimum atomic E-state index is -0.447. The number of benzene rings is 1. The van der Waals surface area contributed by atoms with Crippen LogP contribution in [0.4, 0.5) is 0 Å². The van der Waals surface area contributed by atoms with Crippen LogP contribution in [0.25, 0.3) is 0 Å². The monoisotopic (exact) mass is 260 g/mol. The first kappa shape index (κ1) is 13.1. The first-order valence-electron chi connectivity index (χ1n) is 6.11. The van der Waals surface area contributed by atoms with Crippen LogP contribution < -0.4 is 5.32 Å². The molecule has 0 amide bonds. The quantitative estimate of drug-likeness (QED) is 0.439. The van der Waals surface area contributed by atoms with Crippen molar-refractivity contribution in [2.24, 2.45) is 4.99 Å². The van der Waals surface area contributed by atoms with Crippen LogP contribution in [0.2, 0.25) is 0 Å². The van der Waals surface area contributed by atoms with Gasteiger partial charge in [-0.3, -0.25) is 9.79 Å². The molecular weight excluding hydrogens is 244 g/mol. The Balaban J connectivity index is 2.36. The number of aryl methyl sites for hydroxylation is 1. The molecule has 3 N–H and O–H groups in total. The number of aromatic hydroxyl groups is 1. The lowest BCUT2D eigenvalue weighted by Gasteiger charge is -2.16. The molecule has 2 rings (SSSR count). The predicted octanol–water partition coefficient (Wildman–Crippen LogP) is 1.72. The van der Waals surface area contributed by atoms with E-state index in [-0.39, 0.29) is 16.9 Å². The Bertz CT molecular complexity index is 562. The summed E-state index contributed by atoms with van der Waals surface area (Å²) in [7, 11) is 0. The Labute approximate surface area is 111 Å². The zero-order valence-corrected chi connectivity index (χ0v) is 10.7. The number of nitrogens with one attached hydrogen (secondary N) is 1. The van der Waals surface area contributed by atoms with Crippen molar-refractivity contribution in [3.8, 4) is 5.75 Å². The lowest BCUT2D eigenvalue weighted by Crippen LogP contribution is -2.33. The molecule has 0 bridgehead atoms. The third-order valence-corrected chi connectivity index (χ3v) is 2.92. The molecule has 1 aliphatic heterocycles. The number of phenolic OH excluding ortho intramolecular Hbond substituents is 1. The number of aliphatic imine (C=N–C) groups is 1. The molecule has 0 saturated heterocycles. The van der Waals surface area contributed by atoms with Crippen LogP contribution in [-0.2, 0) is 0 Å². The van der Waals surface area contributed by atoms with E-state index in [9.17, 15) is 15.0 Å². The number of phenols is 1. The fourth-order valence-corrected chi connectivity index (χ4v) is 1.92. The maximum Gasteiger partial charge on any atom is 0.203 e.